The number of carbonyl (C=O) groups is 1. The molecule has 0 N–H and O–H groups in total. The quantitative estimate of drug-likeness (QED) is 0.365. The van der Waals surface area contributed by atoms with Crippen LogP contribution in [0.2, 0.25) is 10.0 Å². The van der Waals surface area contributed by atoms with Gasteiger partial charge in [0.15, 0.2) is 5.70 Å². The second-order valence-electron chi connectivity index (χ2n) is 6.15. The zero-order valence-corrected chi connectivity index (χ0v) is 18.4. The van der Waals surface area contributed by atoms with E-state index < -0.39 is 5.97 Å². The smallest absolute Gasteiger partial charge is 0.363 e. The molecule has 2 heterocycles. The second-order valence-corrected chi connectivity index (χ2v) is 7.92. The van der Waals surface area contributed by atoms with Gasteiger partial charge in [-0.1, -0.05) is 23.2 Å². The van der Waals surface area contributed by atoms with Crippen molar-refractivity contribution in [2.45, 2.75) is 0 Å². The van der Waals surface area contributed by atoms with Crippen LogP contribution in [-0.4, -0.2) is 33.2 Å². The molecule has 1 aliphatic heterocycles. The molecule has 0 spiro atoms. The van der Waals surface area contributed by atoms with E-state index in [0.717, 1.165) is 10.1 Å². The summed E-state index contributed by atoms with van der Waals surface area (Å²) < 4.78 is 22.0. The molecule has 1 aliphatic rings. The normalized spacial score (nSPS) is 14.8. The molecule has 0 saturated heterocycles. The number of esters is 1. The summed E-state index contributed by atoms with van der Waals surface area (Å²) in [6, 6.07) is 8.78. The van der Waals surface area contributed by atoms with Crippen molar-refractivity contribution in [3.63, 3.8) is 0 Å². The molecular weight excluding hydrogens is 449 g/mol. The third kappa shape index (κ3) is 3.49. The van der Waals surface area contributed by atoms with Crippen molar-refractivity contribution in [1.29, 1.82) is 0 Å². The van der Waals surface area contributed by atoms with Crippen LogP contribution in [0.25, 0.3) is 16.2 Å². The van der Waals surface area contributed by atoms with Crippen LogP contribution in [0.4, 0.5) is 0 Å². The zero-order valence-electron chi connectivity index (χ0n) is 16.1. The first-order valence-electron chi connectivity index (χ1n) is 8.66. The van der Waals surface area contributed by atoms with Crippen LogP contribution in [0.5, 0.6) is 17.2 Å². The van der Waals surface area contributed by atoms with E-state index in [2.05, 4.69) is 4.99 Å². The lowest BCUT2D eigenvalue weighted by molar-refractivity contribution is -0.129. The first-order valence-corrected chi connectivity index (χ1v) is 10.2. The molecule has 0 amide bonds. The van der Waals surface area contributed by atoms with Gasteiger partial charge in [0.25, 0.3) is 0 Å². The minimum atomic E-state index is -0.591. The molecule has 0 aliphatic carbocycles. The highest BCUT2D eigenvalue weighted by Crippen LogP contribution is 2.44. The van der Waals surface area contributed by atoms with Gasteiger partial charge in [-0.25, -0.2) is 9.79 Å². The van der Waals surface area contributed by atoms with Gasteiger partial charge in [0, 0.05) is 10.9 Å². The topological polar surface area (TPSA) is 66.3 Å². The summed E-state index contributed by atoms with van der Waals surface area (Å²) in [5, 5.41) is 1.58. The van der Waals surface area contributed by atoms with Crippen LogP contribution >= 0.6 is 34.5 Å². The Balaban J connectivity index is 1.79. The Morgan fingerprint density at radius 3 is 2.43 bits per heavy atom. The molecule has 0 radical (unpaired) electrons. The van der Waals surface area contributed by atoms with Gasteiger partial charge < -0.3 is 18.9 Å². The van der Waals surface area contributed by atoms with Crippen molar-refractivity contribution >= 4 is 62.6 Å². The van der Waals surface area contributed by atoms with E-state index in [1.807, 2.05) is 0 Å². The number of halogens is 2. The maximum atomic E-state index is 12.4. The number of hydrogen-bond acceptors (Lipinski definition) is 7. The summed E-state index contributed by atoms with van der Waals surface area (Å²) >= 11 is 14.2. The maximum absolute atomic E-state index is 12.4. The van der Waals surface area contributed by atoms with Gasteiger partial charge >= 0.3 is 5.97 Å². The van der Waals surface area contributed by atoms with Gasteiger partial charge in [-0.2, -0.15) is 0 Å². The van der Waals surface area contributed by atoms with Crippen molar-refractivity contribution < 1.29 is 23.7 Å². The van der Waals surface area contributed by atoms with Gasteiger partial charge in [0.05, 0.1) is 31.1 Å². The Labute approximate surface area is 186 Å². The molecule has 2 aromatic carbocycles. The number of aliphatic imine (C=N–C) groups is 1. The third-order valence-electron chi connectivity index (χ3n) is 4.47. The number of nitrogens with zero attached hydrogens (tertiary/aromatic N) is 1. The van der Waals surface area contributed by atoms with Gasteiger partial charge in [0.2, 0.25) is 5.90 Å². The molecule has 9 heteroatoms. The van der Waals surface area contributed by atoms with Crippen LogP contribution in [0.1, 0.15) is 10.4 Å². The van der Waals surface area contributed by atoms with Crippen LogP contribution in [0.3, 0.4) is 0 Å². The molecule has 30 heavy (non-hydrogen) atoms. The van der Waals surface area contributed by atoms with E-state index in [9.17, 15) is 4.79 Å². The van der Waals surface area contributed by atoms with E-state index in [0.29, 0.717) is 37.7 Å². The van der Waals surface area contributed by atoms with Crippen LogP contribution in [-0.2, 0) is 9.53 Å². The van der Waals surface area contributed by atoms with Gasteiger partial charge in [0.1, 0.15) is 27.1 Å². The fourth-order valence-corrected chi connectivity index (χ4v) is 4.80. The van der Waals surface area contributed by atoms with Crippen molar-refractivity contribution in [1.82, 2.24) is 0 Å². The third-order valence-corrected chi connectivity index (χ3v) is 6.67. The Morgan fingerprint density at radius 2 is 1.73 bits per heavy atom. The maximum Gasteiger partial charge on any atom is 0.363 e. The summed E-state index contributed by atoms with van der Waals surface area (Å²) in [5.74, 6) is 1.25. The van der Waals surface area contributed by atoms with Crippen molar-refractivity contribution in [3.8, 4) is 17.2 Å². The lowest BCUT2D eigenvalue weighted by Gasteiger charge is -2.07. The van der Waals surface area contributed by atoms with E-state index in [4.69, 9.17) is 42.1 Å². The van der Waals surface area contributed by atoms with Crippen molar-refractivity contribution in [2.24, 2.45) is 4.99 Å². The number of cyclic esters (lactones) is 1. The molecule has 4 rings (SSSR count). The van der Waals surface area contributed by atoms with Crippen molar-refractivity contribution in [3.05, 3.63) is 56.5 Å². The van der Waals surface area contributed by atoms with E-state index in [1.165, 1.54) is 18.4 Å². The molecule has 3 aromatic rings. The monoisotopic (exact) mass is 463 g/mol. The lowest BCUT2D eigenvalue weighted by atomic mass is 10.1. The molecule has 0 unspecified atom stereocenters. The predicted molar refractivity (Wildman–Crippen MR) is 119 cm³/mol. The number of fused-ring (bicyclic) bond motifs is 1. The Bertz CT molecular complexity index is 1230. The molecule has 1 aromatic heterocycles. The molecule has 0 atom stereocenters. The van der Waals surface area contributed by atoms with Gasteiger partial charge in [-0.05, 0) is 36.4 Å². The first kappa shape index (κ1) is 20.5. The molecule has 6 nitrogen and oxygen atoms in total. The van der Waals surface area contributed by atoms with Gasteiger partial charge in [-0.15, -0.1) is 11.3 Å². The van der Waals surface area contributed by atoms with E-state index in [-0.39, 0.29) is 11.6 Å². The summed E-state index contributed by atoms with van der Waals surface area (Å²) in [6.45, 7) is 0. The number of benzene rings is 2. The van der Waals surface area contributed by atoms with Crippen LogP contribution < -0.4 is 14.2 Å². The first-order chi connectivity index (χ1) is 14.5. The van der Waals surface area contributed by atoms with Crippen molar-refractivity contribution in [2.75, 3.05) is 21.3 Å². The van der Waals surface area contributed by atoms with Crippen LogP contribution in [0.15, 0.2) is 41.0 Å². The molecule has 0 fully saturated rings. The fourth-order valence-electron chi connectivity index (χ4n) is 2.98. The van der Waals surface area contributed by atoms with E-state index >= 15 is 0 Å². The number of hydrogen-bond donors (Lipinski definition) is 0. The molecule has 154 valence electrons. The minimum absolute atomic E-state index is 0.119. The van der Waals surface area contributed by atoms with Gasteiger partial charge in [-0.3, -0.25) is 0 Å². The molecule has 0 bridgehead atoms. The Hall–Kier alpha value is -2.74. The number of rotatable bonds is 5. The predicted octanol–water partition coefficient (Wildman–Crippen LogP) is 5.58. The highest BCUT2D eigenvalue weighted by molar-refractivity contribution is 7.22. The largest absolute Gasteiger partial charge is 0.497 e. The zero-order chi connectivity index (χ0) is 21.4. The average Bonchev–Trinajstić information content (AvgIpc) is 3.28. The SMILES string of the molecule is COc1ccc(OC)c(/C=C2\N=C(c3sc4c(Cl)c(OC)ccc4c3Cl)OC2=O)c1. The number of carbonyl (C=O) groups excluding carboxylic acids is 1. The van der Waals surface area contributed by atoms with E-state index in [1.54, 1.807) is 50.6 Å². The standard InChI is InChI=1S/C21H15Cl2NO5S/c1-26-11-4-6-14(27-2)10(8-11)9-13-21(25)29-20(24-13)19-16(22)12-5-7-15(28-3)17(23)18(12)30-19/h4-9H,1-3H3/b13-9-. The minimum Gasteiger partial charge on any atom is -0.497 e. The second kappa shape index (κ2) is 8.18. The summed E-state index contributed by atoms with van der Waals surface area (Å²) in [7, 11) is 4.64. The van der Waals surface area contributed by atoms with Crippen LogP contribution in [0, 0.1) is 0 Å². The highest BCUT2D eigenvalue weighted by atomic mass is 35.5. The highest BCUT2D eigenvalue weighted by Gasteiger charge is 2.29. The lowest BCUT2D eigenvalue weighted by Crippen LogP contribution is -2.04. The Morgan fingerprint density at radius 1 is 1.00 bits per heavy atom. The summed E-state index contributed by atoms with van der Waals surface area (Å²) in [6.07, 6.45) is 1.58. The fraction of sp³-hybridized carbons (Fsp3) is 0.143. The molecule has 0 saturated carbocycles. The number of thiophene rings is 1. The average molecular weight is 464 g/mol. The Kier molecular flexibility index (Phi) is 5.60. The molecular formula is C21H15Cl2NO5S. The summed E-state index contributed by atoms with van der Waals surface area (Å²) in [4.78, 5) is 17.3. The summed E-state index contributed by atoms with van der Waals surface area (Å²) in [5.41, 5.74) is 0.748. The number of ether oxygens (including phenoxy) is 4. The number of methoxy groups -OCH3 is 3.